The first-order valence-electron chi connectivity index (χ1n) is 19.6. The van der Waals surface area contributed by atoms with Crippen LogP contribution in [0.15, 0.2) is 237 Å². The predicted octanol–water partition coefficient (Wildman–Crippen LogP) is 15.8. The summed E-state index contributed by atoms with van der Waals surface area (Å²) >= 11 is 0. The van der Waals surface area contributed by atoms with Crippen molar-refractivity contribution >= 4 is 38.6 Å². The Bertz CT molecular complexity index is 2950. The lowest BCUT2D eigenvalue weighted by Crippen LogP contribution is -2.12. The predicted molar refractivity (Wildman–Crippen MR) is 243 cm³/mol. The van der Waals surface area contributed by atoms with Gasteiger partial charge in [0.15, 0.2) is 0 Å². The van der Waals surface area contributed by atoms with E-state index in [2.05, 4.69) is 241 Å². The Hall–Kier alpha value is -7.48. The number of nitrogens with zero attached hydrogens (tertiary/aromatic N) is 1. The topological polar surface area (TPSA) is 3.24 Å². The van der Waals surface area contributed by atoms with Crippen molar-refractivity contribution in [3.05, 3.63) is 237 Å². The quantitative estimate of drug-likeness (QED) is 0.141. The zero-order chi connectivity index (χ0) is 38.0. The van der Waals surface area contributed by atoms with Crippen molar-refractivity contribution in [2.45, 2.75) is 0 Å². The second kappa shape index (κ2) is 15.0. The van der Waals surface area contributed by atoms with E-state index in [1.165, 1.54) is 77.2 Å². The molecule has 0 aliphatic rings. The number of hydrogen-bond acceptors (Lipinski definition) is 1. The van der Waals surface area contributed by atoms with E-state index < -0.39 is 0 Å². The van der Waals surface area contributed by atoms with Crippen LogP contribution in [0.25, 0.3) is 77.2 Å². The Kier molecular flexibility index (Phi) is 8.95. The van der Waals surface area contributed by atoms with E-state index in [1.54, 1.807) is 0 Å². The molecular formula is C56H39N. The van der Waals surface area contributed by atoms with E-state index in [0.717, 1.165) is 17.1 Å². The van der Waals surface area contributed by atoms with Crippen molar-refractivity contribution in [1.29, 1.82) is 0 Å². The van der Waals surface area contributed by atoms with Crippen LogP contribution in [0.5, 0.6) is 0 Å². The zero-order valence-electron chi connectivity index (χ0n) is 31.5. The summed E-state index contributed by atoms with van der Waals surface area (Å²) in [6.07, 6.45) is 0. The smallest absolute Gasteiger partial charge is 0.0546 e. The highest BCUT2D eigenvalue weighted by Crippen LogP contribution is 2.50. The van der Waals surface area contributed by atoms with Gasteiger partial charge in [0.05, 0.1) is 11.4 Å². The molecule has 10 aromatic rings. The van der Waals surface area contributed by atoms with Gasteiger partial charge in [-0.05, 0) is 90.5 Å². The Morgan fingerprint density at radius 2 is 0.614 bits per heavy atom. The molecule has 0 fully saturated rings. The van der Waals surface area contributed by atoms with E-state index in [-0.39, 0.29) is 0 Å². The van der Waals surface area contributed by atoms with E-state index in [1.807, 2.05) is 0 Å². The third-order valence-electron chi connectivity index (χ3n) is 11.1. The standard InChI is InChI=1S/C56H39N/c1-5-18-40(19-6-1)41-32-34-42(35-33-41)43-36-38-47(39-37-43)57(52-30-16-15-26-48(52)44-20-7-2-8-21-44)53-31-17-29-51-55(46-24-11-4-12-25-46)54(45-22-9-3-10-23-45)49-27-13-14-28-50(49)56(51)53/h1-39H. The number of anilines is 3. The summed E-state index contributed by atoms with van der Waals surface area (Å²) in [4.78, 5) is 2.47. The first-order valence-corrected chi connectivity index (χ1v) is 19.6. The number of rotatable bonds is 8. The first kappa shape index (κ1) is 34.0. The third-order valence-corrected chi connectivity index (χ3v) is 11.1. The van der Waals surface area contributed by atoms with Crippen LogP contribution in [0.3, 0.4) is 0 Å². The molecule has 0 aliphatic carbocycles. The Morgan fingerprint density at radius 3 is 1.19 bits per heavy atom. The lowest BCUT2D eigenvalue weighted by atomic mass is 9.84. The van der Waals surface area contributed by atoms with Crippen LogP contribution in [0.2, 0.25) is 0 Å². The fourth-order valence-corrected chi connectivity index (χ4v) is 8.44. The number of fused-ring (bicyclic) bond motifs is 3. The fraction of sp³-hybridized carbons (Fsp3) is 0. The van der Waals surface area contributed by atoms with Crippen molar-refractivity contribution in [2.24, 2.45) is 0 Å². The summed E-state index contributed by atoms with van der Waals surface area (Å²) in [6, 6.07) is 85.6. The van der Waals surface area contributed by atoms with Crippen molar-refractivity contribution in [1.82, 2.24) is 0 Å². The van der Waals surface area contributed by atoms with E-state index in [0.29, 0.717) is 0 Å². The van der Waals surface area contributed by atoms with Gasteiger partial charge in [-0.1, -0.05) is 212 Å². The number of para-hydroxylation sites is 1. The summed E-state index contributed by atoms with van der Waals surface area (Å²) in [7, 11) is 0. The summed E-state index contributed by atoms with van der Waals surface area (Å²) in [5, 5.41) is 4.88. The van der Waals surface area contributed by atoms with E-state index in [4.69, 9.17) is 0 Å². The second-order valence-corrected chi connectivity index (χ2v) is 14.4. The monoisotopic (exact) mass is 725 g/mol. The van der Waals surface area contributed by atoms with Gasteiger partial charge in [-0.3, -0.25) is 0 Å². The van der Waals surface area contributed by atoms with Gasteiger partial charge in [0.2, 0.25) is 0 Å². The van der Waals surface area contributed by atoms with Crippen LogP contribution in [0.1, 0.15) is 0 Å². The Labute approximate surface area is 334 Å². The van der Waals surface area contributed by atoms with Crippen molar-refractivity contribution in [2.75, 3.05) is 4.90 Å². The van der Waals surface area contributed by atoms with Gasteiger partial charge in [-0.15, -0.1) is 0 Å². The van der Waals surface area contributed by atoms with Crippen LogP contribution in [-0.2, 0) is 0 Å². The lowest BCUT2D eigenvalue weighted by Gasteiger charge is -2.30. The van der Waals surface area contributed by atoms with E-state index in [9.17, 15) is 0 Å². The maximum atomic E-state index is 2.47. The largest absolute Gasteiger partial charge is 0.309 e. The van der Waals surface area contributed by atoms with Gasteiger partial charge in [-0.2, -0.15) is 0 Å². The molecule has 0 spiro atoms. The third kappa shape index (κ3) is 6.36. The molecule has 1 nitrogen and oxygen atoms in total. The van der Waals surface area contributed by atoms with Gasteiger partial charge < -0.3 is 4.90 Å². The van der Waals surface area contributed by atoms with Gasteiger partial charge in [0.1, 0.15) is 0 Å². The molecule has 57 heavy (non-hydrogen) atoms. The summed E-state index contributed by atoms with van der Waals surface area (Å²) in [5.41, 5.74) is 15.4. The average molecular weight is 726 g/mol. The molecule has 0 amide bonds. The highest BCUT2D eigenvalue weighted by Gasteiger charge is 2.24. The molecule has 0 N–H and O–H groups in total. The van der Waals surface area contributed by atoms with Gasteiger partial charge in [-0.25, -0.2) is 0 Å². The molecule has 268 valence electrons. The maximum Gasteiger partial charge on any atom is 0.0546 e. The molecule has 0 radical (unpaired) electrons. The van der Waals surface area contributed by atoms with Crippen LogP contribution < -0.4 is 4.90 Å². The number of benzene rings is 10. The minimum atomic E-state index is 1.09. The Morgan fingerprint density at radius 1 is 0.228 bits per heavy atom. The van der Waals surface area contributed by atoms with Gasteiger partial charge in [0.25, 0.3) is 0 Å². The van der Waals surface area contributed by atoms with Crippen molar-refractivity contribution in [3.63, 3.8) is 0 Å². The molecule has 0 unspecified atom stereocenters. The maximum absolute atomic E-state index is 2.47. The SMILES string of the molecule is c1ccc(-c2ccc(-c3ccc(N(c4ccccc4-c4ccccc4)c4cccc5c(-c6ccccc6)c(-c6ccccc6)c6ccccc6c45)cc3)cc2)cc1. The molecule has 10 aromatic carbocycles. The summed E-state index contributed by atoms with van der Waals surface area (Å²) < 4.78 is 0. The molecule has 1 heteroatoms. The van der Waals surface area contributed by atoms with Crippen molar-refractivity contribution < 1.29 is 0 Å². The second-order valence-electron chi connectivity index (χ2n) is 14.4. The molecule has 0 heterocycles. The molecular weight excluding hydrogens is 687 g/mol. The molecule has 0 saturated heterocycles. The molecule has 0 aliphatic heterocycles. The van der Waals surface area contributed by atoms with Gasteiger partial charge >= 0.3 is 0 Å². The van der Waals surface area contributed by atoms with Crippen LogP contribution >= 0.6 is 0 Å². The molecule has 0 saturated carbocycles. The highest BCUT2D eigenvalue weighted by atomic mass is 15.1. The zero-order valence-corrected chi connectivity index (χ0v) is 31.5. The van der Waals surface area contributed by atoms with Crippen molar-refractivity contribution in [3.8, 4) is 55.6 Å². The normalized spacial score (nSPS) is 11.2. The van der Waals surface area contributed by atoms with Crippen LogP contribution in [-0.4, -0.2) is 0 Å². The summed E-state index contributed by atoms with van der Waals surface area (Å²) in [6.45, 7) is 0. The minimum absolute atomic E-state index is 1.09. The highest BCUT2D eigenvalue weighted by molar-refractivity contribution is 6.25. The lowest BCUT2D eigenvalue weighted by molar-refractivity contribution is 1.30. The molecule has 0 atom stereocenters. The molecule has 0 aromatic heterocycles. The Balaban J connectivity index is 1.22. The first-order chi connectivity index (χ1) is 28.3. The van der Waals surface area contributed by atoms with E-state index >= 15 is 0 Å². The fourth-order valence-electron chi connectivity index (χ4n) is 8.44. The number of hydrogen-bond donors (Lipinski definition) is 0. The van der Waals surface area contributed by atoms with Gasteiger partial charge in [0, 0.05) is 16.6 Å². The summed E-state index contributed by atoms with van der Waals surface area (Å²) in [5.74, 6) is 0. The molecule has 0 bridgehead atoms. The van der Waals surface area contributed by atoms with Crippen LogP contribution in [0, 0.1) is 0 Å². The van der Waals surface area contributed by atoms with Crippen LogP contribution in [0.4, 0.5) is 17.1 Å². The minimum Gasteiger partial charge on any atom is -0.309 e. The molecule has 10 rings (SSSR count). The average Bonchev–Trinajstić information content (AvgIpc) is 3.30.